The highest BCUT2D eigenvalue weighted by atomic mass is 19.2. The fourth-order valence-electron chi connectivity index (χ4n) is 0.283. The number of hydrogen-bond acceptors (Lipinski definition) is 2. The zero-order chi connectivity index (χ0) is 8.15. The summed E-state index contributed by atoms with van der Waals surface area (Å²) in [6, 6.07) is 0. The van der Waals surface area contributed by atoms with E-state index in [1.165, 1.54) is 0 Å². The first-order valence-corrected chi connectivity index (χ1v) is 2.68. The Balaban J connectivity index is 3.39. The summed E-state index contributed by atoms with van der Waals surface area (Å²) in [5.74, 6) is 0. The molecule has 0 saturated carbocycles. The van der Waals surface area contributed by atoms with Gasteiger partial charge in [-0.15, -0.1) is 0 Å². The molecule has 0 aromatic rings. The van der Waals surface area contributed by atoms with Crippen molar-refractivity contribution >= 4 is 6.16 Å². The van der Waals surface area contributed by atoms with Gasteiger partial charge in [0.05, 0.1) is 0 Å². The maximum atomic E-state index is 12.1. The molecular weight excluding hydrogens is 146 g/mol. The van der Waals surface area contributed by atoms with E-state index in [0.29, 0.717) is 0 Å². The summed E-state index contributed by atoms with van der Waals surface area (Å²) in [5.41, 5.74) is 0. The SMILES string of the molecule is CC(F)C(F)COC(=O)O. The van der Waals surface area contributed by atoms with Crippen LogP contribution >= 0.6 is 0 Å². The van der Waals surface area contributed by atoms with E-state index in [4.69, 9.17) is 5.11 Å². The molecule has 1 N–H and O–H groups in total. The number of hydrogen-bond donors (Lipinski definition) is 1. The molecule has 0 amide bonds. The van der Waals surface area contributed by atoms with Crippen molar-refractivity contribution in [2.45, 2.75) is 19.3 Å². The first-order valence-electron chi connectivity index (χ1n) is 2.68. The standard InChI is InChI=1S/C5H8F2O3/c1-3(6)4(7)2-10-5(8)9/h3-4H,2H2,1H3,(H,8,9). The van der Waals surface area contributed by atoms with Gasteiger partial charge in [-0.3, -0.25) is 0 Å². The summed E-state index contributed by atoms with van der Waals surface area (Å²) in [5, 5.41) is 7.83. The van der Waals surface area contributed by atoms with Crippen molar-refractivity contribution in [3.63, 3.8) is 0 Å². The zero-order valence-electron chi connectivity index (χ0n) is 5.38. The lowest BCUT2D eigenvalue weighted by atomic mass is 10.3. The Morgan fingerprint density at radius 1 is 1.70 bits per heavy atom. The van der Waals surface area contributed by atoms with Crippen molar-refractivity contribution in [2.24, 2.45) is 0 Å². The molecule has 0 aliphatic heterocycles. The van der Waals surface area contributed by atoms with Crippen LogP contribution in [-0.2, 0) is 4.74 Å². The molecule has 0 aromatic heterocycles. The van der Waals surface area contributed by atoms with Crippen molar-refractivity contribution < 1.29 is 23.4 Å². The summed E-state index contributed by atoms with van der Waals surface area (Å²) in [6.45, 7) is 0.253. The summed E-state index contributed by atoms with van der Waals surface area (Å²) in [6.07, 6.45) is -5.15. The average Bonchev–Trinajstić information content (AvgIpc) is 1.82. The Hall–Kier alpha value is -0.870. The molecule has 0 spiro atoms. The molecule has 0 aliphatic rings. The number of alkyl halides is 2. The maximum absolute atomic E-state index is 12.1. The molecule has 2 atom stereocenters. The van der Waals surface area contributed by atoms with Crippen LogP contribution in [0.5, 0.6) is 0 Å². The van der Waals surface area contributed by atoms with E-state index >= 15 is 0 Å². The molecule has 0 heterocycles. The van der Waals surface area contributed by atoms with Gasteiger partial charge in [-0.1, -0.05) is 0 Å². The third kappa shape index (κ3) is 4.05. The number of rotatable bonds is 3. The highest BCUT2D eigenvalue weighted by molar-refractivity contribution is 5.56. The van der Waals surface area contributed by atoms with Crippen LogP contribution in [0.4, 0.5) is 13.6 Å². The first kappa shape index (κ1) is 9.13. The second-order valence-electron chi connectivity index (χ2n) is 1.77. The van der Waals surface area contributed by atoms with Crippen LogP contribution in [0, 0.1) is 0 Å². The molecule has 0 saturated heterocycles. The molecule has 0 fully saturated rings. The lowest BCUT2D eigenvalue weighted by molar-refractivity contribution is 0.0474. The fraction of sp³-hybridized carbons (Fsp3) is 0.800. The predicted molar refractivity (Wildman–Crippen MR) is 29.4 cm³/mol. The number of carbonyl (C=O) groups is 1. The normalized spacial score (nSPS) is 15.9. The van der Waals surface area contributed by atoms with Crippen LogP contribution in [0.3, 0.4) is 0 Å². The van der Waals surface area contributed by atoms with E-state index in [-0.39, 0.29) is 0 Å². The van der Waals surface area contributed by atoms with Gasteiger partial charge in [-0.05, 0) is 6.92 Å². The van der Waals surface area contributed by atoms with Crippen LogP contribution in [0.1, 0.15) is 6.92 Å². The number of halogens is 2. The van der Waals surface area contributed by atoms with E-state index in [1.807, 2.05) is 0 Å². The second-order valence-corrected chi connectivity index (χ2v) is 1.77. The molecule has 5 heteroatoms. The van der Waals surface area contributed by atoms with Gasteiger partial charge in [0, 0.05) is 0 Å². The van der Waals surface area contributed by atoms with Crippen molar-refractivity contribution in [1.82, 2.24) is 0 Å². The Morgan fingerprint density at radius 3 is 2.50 bits per heavy atom. The first-order chi connectivity index (χ1) is 4.54. The minimum Gasteiger partial charge on any atom is -0.450 e. The molecule has 0 aliphatic carbocycles. The Bertz CT molecular complexity index is 115. The van der Waals surface area contributed by atoms with E-state index in [9.17, 15) is 13.6 Å². The van der Waals surface area contributed by atoms with E-state index in [0.717, 1.165) is 6.92 Å². The van der Waals surface area contributed by atoms with Gasteiger partial charge >= 0.3 is 6.16 Å². The summed E-state index contributed by atoms with van der Waals surface area (Å²) >= 11 is 0. The highest BCUT2D eigenvalue weighted by Crippen LogP contribution is 2.02. The molecule has 60 valence electrons. The summed E-state index contributed by atoms with van der Waals surface area (Å²) in [4.78, 5) is 9.62. The minimum atomic E-state index is -1.86. The van der Waals surface area contributed by atoms with Gasteiger partial charge in [0.25, 0.3) is 0 Å². The zero-order valence-corrected chi connectivity index (χ0v) is 5.38. The van der Waals surface area contributed by atoms with Gasteiger partial charge in [-0.2, -0.15) is 0 Å². The predicted octanol–water partition coefficient (Wildman–Crippen LogP) is 1.38. The molecular formula is C5H8F2O3. The van der Waals surface area contributed by atoms with Crippen LogP contribution in [0.2, 0.25) is 0 Å². The highest BCUT2D eigenvalue weighted by Gasteiger charge is 2.16. The molecule has 0 radical (unpaired) electrons. The lowest BCUT2D eigenvalue weighted by Gasteiger charge is -2.06. The van der Waals surface area contributed by atoms with Crippen LogP contribution < -0.4 is 0 Å². The molecule has 2 unspecified atom stereocenters. The Labute approximate surface area is 56.6 Å². The van der Waals surface area contributed by atoms with Crippen molar-refractivity contribution in [3.05, 3.63) is 0 Å². The van der Waals surface area contributed by atoms with Gasteiger partial charge < -0.3 is 9.84 Å². The maximum Gasteiger partial charge on any atom is 0.505 e. The van der Waals surface area contributed by atoms with Crippen molar-refractivity contribution in [3.8, 4) is 0 Å². The van der Waals surface area contributed by atoms with Gasteiger partial charge in [-0.25, -0.2) is 13.6 Å². The molecule has 3 nitrogen and oxygen atoms in total. The van der Waals surface area contributed by atoms with Crippen LogP contribution in [0.15, 0.2) is 0 Å². The summed E-state index contributed by atoms with van der Waals surface area (Å²) < 4.78 is 27.8. The molecule has 0 rings (SSSR count). The largest absolute Gasteiger partial charge is 0.505 e. The molecule has 0 bridgehead atoms. The van der Waals surface area contributed by atoms with Gasteiger partial charge in [0.15, 0.2) is 6.17 Å². The molecule has 10 heavy (non-hydrogen) atoms. The average molecular weight is 154 g/mol. The third-order valence-corrected chi connectivity index (χ3v) is 0.864. The third-order valence-electron chi connectivity index (χ3n) is 0.864. The smallest absolute Gasteiger partial charge is 0.450 e. The van der Waals surface area contributed by atoms with Gasteiger partial charge in [0.2, 0.25) is 0 Å². The lowest BCUT2D eigenvalue weighted by Crippen LogP contribution is -2.21. The number of carboxylic acid groups (broad SMARTS) is 1. The second kappa shape index (κ2) is 4.03. The van der Waals surface area contributed by atoms with Crippen LogP contribution in [-0.4, -0.2) is 30.2 Å². The molecule has 0 aromatic carbocycles. The monoisotopic (exact) mass is 154 g/mol. The summed E-state index contributed by atoms with van der Waals surface area (Å²) in [7, 11) is 0. The fourth-order valence-corrected chi connectivity index (χ4v) is 0.283. The van der Waals surface area contributed by atoms with E-state index < -0.39 is 25.1 Å². The quantitative estimate of drug-likeness (QED) is 0.624. The van der Waals surface area contributed by atoms with Crippen molar-refractivity contribution in [2.75, 3.05) is 6.61 Å². The number of ether oxygens (including phenoxy) is 1. The Kier molecular flexibility index (Phi) is 3.68. The van der Waals surface area contributed by atoms with E-state index in [2.05, 4.69) is 4.74 Å². The Morgan fingerprint density at radius 2 is 2.20 bits per heavy atom. The van der Waals surface area contributed by atoms with Crippen LogP contribution in [0.25, 0.3) is 0 Å². The minimum absolute atomic E-state index is 0.743. The van der Waals surface area contributed by atoms with Gasteiger partial charge in [0.1, 0.15) is 12.8 Å². The van der Waals surface area contributed by atoms with Crippen molar-refractivity contribution in [1.29, 1.82) is 0 Å². The van der Waals surface area contributed by atoms with E-state index in [1.54, 1.807) is 0 Å². The topological polar surface area (TPSA) is 46.5 Å².